The average molecular weight is 474 g/mol. The van der Waals surface area contributed by atoms with E-state index in [-0.39, 0.29) is 11.5 Å². The van der Waals surface area contributed by atoms with Crippen LogP contribution in [-0.2, 0) is 13.0 Å². The van der Waals surface area contributed by atoms with Gasteiger partial charge in [-0.15, -0.1) is 0 Å². The van der Waals surface area contributed by atoms with Gasteiger partial charge in [-0.1, -0.05) is 30.1 Å². The van der Waals surface area contributed by atoms with E-state index in [1.165, 1.54) is 0 Å². The number of carbonyl (C=O) groups excluding carboxylic acids is 1. The smallest absolute Gasteiger partial charge is 0.254 e. The zero-order valence-corrected chi connectivity index (χ0v) is 19.6. The summed E-state index contributed by atoms with van der Waals surface area (Å²) in [7, 11) is 1.55. The SMILES string of the molecule is CCc1cc2ncc(CN3CCN(c4cc(Cl)c(C(=O)NC)c(Cl)c4)CC3)cc2[nH]c1=O. The van der Waals surface area contributed by atoms with E-state index in [2.05, 4.69) is 25.1 Å². The van der Waals surface area contributed by atoms with Crippen LogP contribution in [0.2, 0.25) is 10.0 Å². The Morgan fingerprint density at radius 3 is 2.44 bits per heavy atom. The second-order valence-electron chi connectivity index (χ2n) is 7.88. The van der Waals surface area contributed by atoms with Crippen LogP contribution in [0.4, 0.5) is 5.69 Å². The summed E-state index contributed by atoms with van der Waals surface area (Å²) >= 11 is 12.7. The number of aryl methyl sites for hydroxylation is 1. The van der Waals surface area contributed by atoms with Crippen molar-refractivity contribution in [1.29, 1.82) is 0 Å². The number of hydrogen-bond acceptors (Lipinski definition) is 5. The number of amides is 1. The fourth-order valence-corrected chi connectivity index (χ4v) is 4.67. The number of pyridine rings is 2. The summed E-state index contributed by atoms with van der Waals surface area (Å²) in [6.07, 6.45) is 2.56. The summed E-state index contributed by atoms with van der Waals surface area (Å²) in [6.45, 7) is 6.05. The number of piperazine rings is 1. The van der Waals surface area contributed by atoms with E-state index in [0.29, 0.717) is 22.0 Å². The van der Waals surface area contributed by atoms with Crippen LogP contribution in [0.1, 0.15) is 28.4 Å². The number of carbonyl (C=O) groups is 1. The standard InChI is InChI=1S/C23H25Cl2N5O2/c1-3-15-9-19-20(28-22(15)31)8-14(12-27-19)13-29-4-6-30(7-5-29)16-10-17(24)21(18(25)11-16)23(32)26-2/h8-12H,3-7,13H2,1-2H3,(H,26,32)(H,28,31). The molecule has 2 aromatic heterocycles. The zero-order chi connectivity index (χ0) is 22.8. The molecule has 1 aromatic carbocycles. The molecule has 4 rings (SSSR count). The second kappa shape index (κ2) is 9.48. The highest BCUT2D eigenvalue weighted by atomic mass is 35.5. The van der Waals surface area contributed by atoms with E-state index in [1.807, 2.05) is 25.3 Å². The van der Waals surface area contributed by atoms with Crippen molar-refractivity contribution in [2.45, 2.75) is 19.9 Å². The Balaban J connectivity index is 1.43. The Labute approximate surface area is 196 Å². The minimum Gasteiger partial charge on any atom is -0.369 e. The molecule has 1 saturated heterocycles. The Bertz CT molecular complexity index is 1200. The first kappa shape index (κ1) is 22.6. The van der Waals surface area contributed by atoms with Gasteiger partial charge in [0.25, 0.3) is 11.5 Å². The molecule has 3 heterocycles. The molecule has 0 unspecified atom stereocenters. The van der Waals surface area contributed by atoms with E-state index in [0.717, 1.165) is 60.6 Å². The molecule has 1 aliphatic rings. The van der Waals surface area contributed by atoms with Gasteiger partial charge in [-0.2, -0.15) is 0 Å². The van der Waals surface area contributed by atoms with Gasteiger partial charge in [0, 0.05) is 57.2 Å². The van der Waals surface area contributed by atoms with Crippen LogP contribution in [0.15, 0.2) is 35.3 Å². The van der Waals surface area contributed by atoms with Gasteiger partial charge in [0.2, 0.25) is 0 Å². The Morgan fingerprint density at radius 1 is 1.12 bits per heavy atom. The largest absolute Gasteiger partial charge is 0.369 e. The molecule has 1 amide bonds. The third kappa shape index (κ3) is 4.60. The van der Waals surface area contributed by atoms with Crippen molar-refractivity contribution in [2.24, 2.45) is 0 Å². The molecule has 1 aliphatic heterocycles. The van der Waals surface area contributed by atoms with Gasteiger partial charge >= 0.3 is 0 Å². The van der Waals surface area contributed by atoms with Crippen LogP contribution in [0, 0.1) is 0 Å². The van der Waals surface area contributed by atoms with Crippen molar-refractivity contribution >= 4 is 45.8 Å². The quantitative estimate of drug-likeness (QED) is 0.592. The molecular formula is C23H25Cl2N5O2. The van der Waals surface area contributed by atoms with Gasteiger partial charge in [-0.05, 0) is 36.2 Å². The maximum atomic E-state index is 12.1. The monoisotopic (exact) mass is 473 g/mol. The molecule has 0 radical (unpaired) electrons. The van der Waals surface area contributed by atoms with Crippen molar-refractivity contribution in [1.82, 2.24) is 20.2 Å². The molecule has 32 heavy (non-hydrogen) atoms. The number of fused-ring (bicyclic) bond motifs is 1. The molecule has 0 atom stereocenters. The van der Waals surface area contributed by atoms with Gasteiger partial charge in [0.05, 0.1) is 26.6 Å². The van der Waals surface area contributed by atoms with Gasteiger partial charge < -0.3 is 15.2 Å². The van der Waals surface area contributed by atoms with E-state index in [9.17, 15) is 9.59 Å². The number of halogens is 2. The number of nitrogens with one attached hydrogen (secondary N) is 2. The molecule has 3 aromatic rings. The van der Waals surface area contributed by atoms with Crippen molar-refractivity contribution in [2.75, 3.05) is 38.1 Å². The van der Waals surface area contributed by atoms with Gasteiger partial charge in [-0.25, -0.2) is 0 Å². The fraction of sp³-hybridized carbons (Fsp3) is 0.348. The number of rotatable bonds is 5. The number of nitrogens with zero attached hydrogens (tertiary/aromatic N) is 3. The summed E-state index contributed by atoms with van der Waals surface area (Å²) in [6, 6.07) is 7.46. The van der Waals surface area contributed by atoms with Crippen molar-refractivity contribution in [3.05, 3.63) is 67.6 Å². The number of aromatic nitrogens is 2. The first-order valence-corrected chi connectivity index (χ1v) is 11.3. The van der Waals surface area contributed by atoms with Crippen molar-refractivity contribution in [3.63, 3.8) is 0 Å². The van der Waals surface area contributed by atoms with Crippen LogP contribution >= 0.6 is 23.2 Å². The lowest BCUT2D eigenvalue weighted by molar-refractivity contribution is 0.0963. The molecule has 0 saturated carbocycles. The summed E-state index contributed by atoms with van der Waals surface area (Å²) in [5.74, 6) is -0.298. The lowest BCUT2D eigenvalue weighted by atomic mass is 10.1. The highest BCUT2D eigenvalue weighted by Gasteiger charge is 2.21. The van der Waals surface area contributed by atoms with Crippen LogP contribution < -0.4 is 15.8 Å². The normalized spacial score (nSPS) is 14.7. The molecule has 0 aliphatic carbocycles. The van der Waals surface area contributed by atoms with Crippen molar-refractivity contribution in [3.8, 4) is 0 Å². The third-order valence-electron chi connectivity index (χ3n) is 5.83. The predicted molar refractivity (Wildman–Crippen MR) is 129 cm³/mol. The maximum absolute atomic E-state index is 12.1. The molecule has 168 valence electrons. The predicted octanol–water partition coefficient (Wildman–Crippen LogP) is 3.47. The summed E-state index contributed by atoms with van der Waals surface area (Å²) in [4.78, 5) is 36.1. The minimum absolute atomic E-state index is 0.0488. The number of hydrogen-bond donors (Lipinski definition) is 2. The maximum Gasteiger partial charge on any atom is 0.254 e. The number of H-pyrrole nitrogens is 1. The van der Waals surface area contributed by atoms with E-state index in [1.54, 1.807) is 19.2 Å². The van der Waals surface area contributed by atoms with Crippen molar-refractivity contribution < 1.29 is 4.79 Å². The Morgan fingerprint density at radius 2 is 1.81 bits per heavy atom. The number of benzene rings is 1. The molecule has 1 fully saturated rings. The van der Waals surface area contributed by atoms with Gasteiger partial charge in [0.1, 0.15) is 0 Å². The molecule has 9 heteroatoms. The van der Waals surface area contributed by atoms with E-state index >= 15 is 0 Å². The topological polar surface area (TPSA) is 81.3 Å². The van der Waals surface area contributed by atoms with Crippen LogP contribution in [0.25, 0.3) is 11.0 Å². The first-order chi connectivity index (χ1) is 15.4. The molecular weight excluding hydrogens is 449 g/mol. The van der Waals surface area contributed by atoms with Crippen LogP contribution in [0.5, 0.6) is 0 Å². The summed E-state index contributed by atoms with van der Waals surface area (Å²) < 4.78 is 0. The Kier molecular flexibility index (Phi) is 6.69. The number of anilines is 1. The lowest BCUT2D eigenvalue weighted by Crippen LogP contribution is -2.46. The molecule has 0 bridgehead atoms. The second-order valence-corrected chi connectivity index (χ2v) is 8.69. The molecule has 2 N–H and O–H groups in total. The van der Waals surface area contributed by atoms with E-state index < -0.39 is 0 Å². The van der Waals surface area contributed by atoms with Gasteiger partial charge in [0.15, 0.2) is 0 Å². The fourth-order valence-electron chi connectivity index (χ4n) is 4.02. The highest BCUT2D eigenvalue weighted by Crippen LogP contribution is 2.31. The summed E-state index contributed by atoms with van der Waals surface area (Å²) in [5, 5.41) is 3.25. The van der Waals surface area contributed by atoms with Gasteiger partial charge in [-0.3, -0.25) is 19.5 Å². The zero-order valence-electron chi connectivity index (χ0n) is 18.0. The number of aromatic amines is 1. The third-order valence-corrected chi connectivity index (χ3v) is 6.43. The first-order valence-electron chi connectivity index (χ1n) is 10.6. The highest BCUT2D eigenvalue weighted by molar-refractivity contribution is 6.40. The average Bonchev–Trinajstić information content (AvgIpc) is 2.78. The minimum atomic E-state index is -0.298. The molecule has 0 spiro atoms. The summed E-state index contributed by atoms with van der Waals surface area (Å²) in [5.41, 5.74) is 4.54. The molecule has 7 nitrogen and oxygen atoms in total. The van der Waals surface area contributed by atoms with Crippen LogP contribution in [0.3, 0.4) is 0 Å². The Hall–Kier alpha value is -2.61. The van der Waals surface area contributed by atoms with E-state index in [4.69, 9.17) is 23.2 Å². The van der Waals surface area contributed by atoms with Crippen LogP contribution in [-0.4, -0.2) is 54.0 Å². The lowest BCUT2D eigenvalue weighted by Gasteiger charge is -2.36.